The molecule has 3 N–H and O–H groups in total. The molecule has 0 saturated heterocycles. The monoisotopic (exact) mass is 269 g/mol. The maximum Gasteiger partial charge on any atom is 0.326 e. The second-order valence-corrected chi connectivity index (χ2v) is 5.32. The quantitative estimate of drug-likeness (QED) is 0.719. The lowest BCUT2D eigenvalue weighted by atomic mass is 9.87. The van der Waals surface area contributed by atoms with Gasteiger partial charge in [-0.25, -0.2) is 9.59 Å². The van der Waals surface area contributed by atoms with Gasteiger partial charge in [0, 0.05) is 7.05 Å². The molecule has 1 aromatic heterocycles. The predicted octanol–water partition coefficient (Wildman–Crippen LogP) is 0.114. The number of nitrogens with one attached hydrogen (secondary N) is 2. The van der Waals surface area contributed by atoms with Gasteiger partial charge in [0.15, 0.2) is 5.82 Å². The van der Waals surface area contributed by atoms with Crippen LogP contribution in [0.1, 0.15) is 26.6 Å². The number of nitrogens with zero attached hydrogens (tertiary/aromatic N) is 3. The van der Waals surface area contributed by atoms with Crippen LogP contribution < -0.4 is 10.6 Å². The third kappa shape index (κ3) is 4.23. The summed E-state index contributed by atoms with van der Waals surface area (Å²) in [4.78, 5) is 22.8. The van der Waals surface area contributed by atoms with Crippen LogP contribution in [0.15, 0.2) is 6.33 Å². The van der Waals surface area contributed by atoms with Gasteiger partial charge in [0.1, 0.15) is 12.4 Å². The van der Waals surface area contributed by atoms with Crippen molar-refractivity contribution in [2.75, 3.05) is 0 Å². The Labute approximate surface area is 111 Å². The second-order valence-electron chi connectivity index (χ2n) is 5.32. The first-order valence-electron chi connectivity index (χ1n) is 5.82. The molecule has 19 heavy (non-hydrogen) atoms. The number of carbonyl (C=O) groups is 2. The van der Waals surface area contributed by atoms with Gasteiger partial charge in [-0.1, -0.05) is 20.8 Å². The molecule has 8 nitrogen and oxygen atoms in total. The summed E-state index contributed by atoms with van der Waals surface area (Å²) in [6, 6.07) is -1.52. The van der Waals surface area contributed by atoms with Gasteiger partial charge in [-0.2, -0.15) is 0 Å². The van der Waals surface area contributed by atoms with E-state index in [2.05, 4.69) is 20.8 Å². The van der Waals surface area contributed by atoms with Crippen LogP contribution in [0.2, 0.25) is 0 Å². The lowest BCUT2D eigenvalue weighted by Crippen LogP contribution is -2.52. The van der Waals surface area contributed by atoms with Gasteiger partial charge in [0.05, 0.1) is 6.54 Å². The molecule has 0 fully saturated rings. The number of aryl methyl sites for hydroxylation is 1. The van der Waals surface area contributed by atoms with Crippen molar-refractivity contribution in [2.45, 2.75) is 33.4 Å². The van der Waals surface area contributed by atoms with Crippen molar-refractivity contribution >= 4 is 12.0 Å². The first-order valence-corrected chi connectivity index (χ1v) is 5.82. The van der Waals surface area contributed by atoms with Crippen molar-refractivity contribution < 1.29 is 14.7 Å². The SMILES string of the molecule is Cn1cnnc1CNC(=O)N[C@H](C(=O)O)C(C)(C)C. The van der Waals surface area contributed by atoms with Gasteiger partial charge < -0.3 is 20.3 Å². The minimum absolute atomic E-state index is 0.179. The molecule has 0 radical (unpaired) electrons. The summed E-state index contributed by atoms with van der Waals surface area (Å²) in [6.07, 6.45) is 1.52. The van der Waals surface area contributed by atoms with Crippen LogP contribution >= 0.6 is 0 Å². The smallest absolute Gasteiger partial charge is 0.326 e. The average molecular weight is 269 g/mol. The second kappa shape index (κ2) is 5.68. The summed E-state index contributed by atoms with van der Waals surface area (Å²) >= 11 is 0. The number of urea groups is 1. The molecule has 106 valence electrons. The van der Waals surface area contributed by atoms with E-state index in [1.165, 1.54) is 6.33 Å². The van der Waals surface area contributed by atoms with E-state index >= 15 is 0 Å². The number of rotatable bonds is 4. The van der Waals surface area contributed by atoms with Gasteiger partial charge in [0.2, 0.25) is 0 Å². The van der Waals surface area contributed by atoms with Crippen LogP contribution in [-0.4, -0.2) is 37.9 Å². The highest BCUT2D eigenvalue weighted by molar-refractivity contribution is 5.83. The Morgan fingerprint density at radius 3 is 2.53 bits per heavy atom. The number of amides is 2. The predicted molar refractivity (Wildman–Crippen MR) is 67.3 cm³/mol. The molecule has 1 aromatic rings. The Bertz CT molecular complexity index is 463. The van der Waals surface area contributed by atoms with E-state index in [4.69, 9.17) is 5.11 Å². The Kier molecular flexibility index (Phi) is 4.47. The van der Waals surface area contributed by atoms with Gasteiger partial charge in [-0.05, 0) is 5.41 Å². The maximum atomic E-state index is 11.7. The Morgan fingerprint density at radius 2 is 2.11 bits per heavy atom. The molecular weight excluding hydrogens is 250 g/mol. The minimum Gasteiger partial charge on any atom is -0.480 e. The van der Waals surface area contributed by atoms with Gasteiger partial charge >= 0.3 is 12.0 Å². The highest BCUT2D eigenvalue weighted by atomic mass is 16.4. The zero-order valence-corrected chi connectivity index (χ0v) is 11.5. The summed E-state index contributed by atoms with van der Waals surface area (Å²) in [7, 11) is 1.75. The summed E-state index contributed by atoms with van der Waals surface area (Å²) < 4.78 is 1.67. The third-order valence-electron chi connectivity index (χ3n) is 2.60. The van der Waals surface area contributed by atoms with E-state index in [0.717, 1.165) is 0 Å². The molecule has 0 aromatic carbocycles. The number of carboxylic acid groups (broad SMARTS) is 1. The molecule has 0 aliphatic rings. The normalized spacial score (nSPS) is 12.8. The fourth-order valence-corrected chi connectivity index (χ4v) is 1.46. The molecule has 1 heterocycles. The number of hydrogen-bond donors (Lipinski definition) is 3. The van der Waals surface area contributed by atoms with E-state index in [1.807, 2.05) is 0 Å². The van der Waals surface area contributed by atoms with Crippen LogP contribution in [0.3, 0.4) is 0 Å². The molecule has 8 heteroatoms. The molecule has 2 amide bonds. The molecule has 1 atom stereocenters. The van der Waals surface area contributed by atoms with Crippen molar-refractivity contribution in [3.63, 3.8) is 0 Å². The fraction of sp³-hybridized carbons (Fsp3) is 0.636. The van der Waals surface area contributed by atoms with Gasteiger partial charge in [-0.15, -0.1) is 10.2 Å². The highest BCUT2D eigenvalue weighted by Crippen LogP contribution is 2.19. The van der Waals surface area contributed by atoms with Crippen molar-refractivity contribution in [3.05, 3.63) is 12.2 Å². The van der Waals surface area contributed by atoms with E-state index < -0.39 is 23.5 Å². The molecule has 1 rings (SSSR count). The fourth-order valence-electron chi connectivity index (χ4n) is 1.46. The first kappa shape index (κ1) is 14.9. The van der Waals surface area contributed by atoms with Gasteiger partial charge in [0.25, 0.3) is 0 Å². The number of aromatic nitrogens is 3. The number of hydrogen-bond acceptors (Lipinski definition) is 4. The van der Waals surface area contributed by atoms with Crippen LogP contribution in [0.5, 0.6) is 0 Å². The van der Waals surface area contributed by atoms with Crippen molar-refractivity contribution in [1.82, 2.24) is 25.4 Å². The molecular formula is C11H19N5O3. The lowest BCUT2D eigenvalue weighted by molar-refractivity contribution is -0.141. The van der Waals surface area contributed by atoms with Crippen LogP contribution in [0.4, 0.5) is 4.79 Å². The zero-order chi connectivity index (χ0) is 14.6. The molecule has 0 spiro atoms. The molecule has 0 aliphatic heterocycles. The largest absolute Gasteiger partial charge is 0.480 e. The van der Waals surface area contributed by atoms with E-state index in [0.29, 0.717) is 5.82 Å². The standard InChI is InChI=1S/C11H19N5O3/c1-11(2,3)8(9(17)18)14-10(19)12-5-7-15-13-6-16(7)4/h6,8H,5H2,1-4H3,(H,17,18)(H2,12,14,19)/t8-/m1/s1. The minimum atomic E-state index is -1.07. The number of aliphatic carboxylic acids is 1. The Morgan fingerprint density at radius 1 is 1.47 bits per heavy atom. The van der Waals surface area contributed by atoms with Crippen molar-refractivity contribution in [3.8, 4) is 0 Å². The van der Waals surface area contributed by atoms with Crippen LogP contribution in [0, 0.1) is 5.41 Å². The maximum absolute atomic E-state index is 11.7. The lowest BCUT2D eigenvalue weighted by Gasteiger charge is -2.27. The summed E-state index contributed by atoms with van der Waals surface area (Å²) in [5, 5.41) is 21.5. The average Bonchev–Trinajstić information content (AvgIpc) is 2.67. The van der Waals surface area contributed by atoms with Crippen LogP contribution in [-0.2, 0) is 18.4 Å². The number of carboxylic acids is 1. The Hall–Kier alpha value is -2.12. The van der Waals surface area contributed by atoms with Crippen molar-refractivity contribution in [2.24, 2.45) is 12.5 Å². The van der Waals surface area contributed by atoms with E-state index in [-0.39, 0.29) is 6.54 Å². The molecule has 0 aliphatic carbocycles. The molecule has 0 unspecified atom stereocenters. The third-order valence-corrected chi connectivity index (χ3v) is 2.60. The van der Waals surface area contributed by atoms with E-state index in [1.54, 1.807) is 32.4 Å². The molecule has 0 saturated carbocycles. The zero-order valence-electron chi connectivity index (χ0n) is 11.5. The summed E-state index contributed by atoms with van der Waals surface area (Å²) in [5.74, 6) is -0.487. The molecule has 0 bridgehead atoms. The first-order chi connectivity index (χ1) is 8.71. The summed E-state index contributed by atoms with van der Waals surface area (Å²) in [5.41, 5.74) is -0.575. The Balaban J connectivity index is 2.55. The number of carbonyl (C=O) groups excluding carboxylic acids is 1. The summed E-state index contributed by atoms with van der Waals surface area (Å²) in [6.45, 7) is 5.41. The van der Waals surface area contributed by atoms with Crippen molar-refractivity contribution in [1.29, 1.82) is 0 Å². The van der Waals surface area contributed by atoms with Gasteiger partial charge in [-0.3, -0.25) is 0 Å². The topological polar surface area (TPSA) is 109 Å². The van der Waals surface area contributed by atoms with E-state index in [9.17, 15) is 9.59 Å². The van der Waals surface area contributed by atoms with Crippen LogP contribution in [0.25, 0.3) is 0 Å². The highest BCUT2D eigenvalue weighted by Gasteiger charge is 2.32.